The van der Waals surface area contributed by atoms with Crippen LogP contribution < -0.4 is 19.6 Å². The number of nitrogens with zero attached hydrogens (tertiary/aromatic N) is 2. The van der Waals surface area contributed by atoms with Crippen LogP contribution in [0.1, 0.15) is 34.7 Å². The zero-order chi connectivity index (χ0) is 25.0. The summed E-state index contributed by atoms with van der Waals surface area (Å²) >= 11 is 7.45. The van der Waals surface area contributed by atoms with E-state index in [1.54, 1.807) is 34.9 Å². The lowest BCUT2D eigenvalue weighted by molar-refractivity contribution is 0.373. The van der Waals surface area contributed by atoms with Gasteiger partial charge in [0.2, 0.25) is 0 Å². The van der Waals surface area contributed by atoms with Gasteiger partial charge >= 0.3 is 0 Å². The Labute approximate surface area is 214 Å². The van der Waals surface area contributed by atoms with Crippen molar-refractivity contribution in [2.45, 2.75) is 18.9 Å². The number of aromatic hydroxyl groups is 1. The second-order valence-corrected chi connectivity index (χ2v) is 10.1. The van der Waals surface area contributed by atoms with Crippen molar-refractivity contribution >= 4 is 34.7 Å². The first-order valence-corrected chi connectivity index (χ1v) is 12.6. The van der Waals surface area contributed by atoms with E-state index in [2.05, 4.69) is 12.1 Å². The molecular weight excluding hydrogens is 499 g/mol. The molecule has 180 valence electrons. The normalized spacial score (nSPS) is 16.8. The maximum Gasteiger partial charge on any atom is 0.271 e. The number of aromatic nitrogens is 1. The highest BCUT2D eigenvalue weighted by molar-refractivity contribution is 7.07. The predicted molar refractivity (Wildman–Crippen MR) is 139 cm³/mol. The fraction of sp³-hybridized carbons (Fsp3) is 0.143. The standard InChI is InChI=1S/C28H20ClFN2O3S/c1-35-22-13-15(12-21(29)26(22)33)14-23-27(34)32-25(17-6-9-18(30)10-7-17)20-11-8-16-4-2-3-5-19(16)24(20)31-28(32)36-23/h2-7,9-10,12-14,25,33H,8,11H2,1H3. The van der Waals surface area contributed by atoms with Gasteiger partial charge in [0, 0.05) is 5.56 Å². The second kappa shape index (κ2) is 8.76. The monoisotopic (exact) mass is 518 g/mol. The summed E-state index contributed by atoms with van der Waals surface area (Å²) in [5, 5.41) is 10.2. The lowest BCUT2D eigenvalue weighted by Crippen LogP contribution is -2.38. The topological polar surface area (TPSA) is 63.8 Å². The van der Waals surface area contributed by atoms with Crippen molar-refractivity contribution in [3.8, 4) is 11.5 Å². The number of fused-ring (bicyclic) bond motifs is 3. The number of ether oxygens (including phenoxy) is 1. The fourth-order valence-electron chi connectivity index (χ4n) is 4.95. The van der Waals surface area contributed by atoms with Gasteiger partial charge in [-0.1, -0.05) is 59.3 Å². The highest BCUT2D eigenvalue weighted by atomic mass is 35.5. The Bertz CT molecular complexity index is 1740. The minimum Gasteiger partial charge on any atom is -0.503 e. The fourth-order valence-corrected chi connectivity index (χ4v) is 6.17. The largest absolute Gasteiger partial charge is 0.503 e. The average Bonchev–Trinajstić information content (AvgIpc) is 3.19. The van der Waals surface area contributed by atoms with Gasteiger partial charge in [-0.15, -0.1) is 0 Å². The summed E-state index contributed by atoms with van der Waals surface area (Å²) < 4.78 is 21.2. The summed E-state index contributed by atoms with van der Waals surface area (Å²) in [7, 11) is 1.44. The average molecular weight is 519 g/mol. The maximum absolute atomic E-state index is 13.8. The van der Waals surface area contributed by atoms with Gasteiger partial charge in [0.15, 0.2) is 16.3 Å². The van der Waals surface area contributed by atoms with Gasteiger partial charge in [-0.05, 0) is 65.4 Å². The summed E-state index contributed by atoms with van der Waals surface area (Å²) in [5.74, 6) is -0.259. The van der Waals surface area contributed by atoms with Crippen LogP contribution in [0.2, 0.25) is 5.02 Å². The zero-order valence-corrected chi connectivity index (χ0v) is 20.7. The molecule has 0 amide bonds. The number of allylic oxidation sites excluding steroid dienone is 1. The van der Waals surface area contributed by atoms with Crippen molar-refractivity contribution in [1.82, 2.24) is 4.57 Å². The first-order valence-electron chi connectivity index (χ1n) is 11.4. The van der Waals surface area contributed by atoms with Gasteiger partial charge in [0.25, 0.3) is 5.56 Å². The number of thiazole rings is 1. The Kier molecular flexibility index (Phi) is 5.54. The SMILES string of the molecule is COc1cc(C=c2sc3n(c2=O)C(c2ccc(F)cc2)C2=C(N=3)c3ccccc3CC2)cc(Cl)c1O. The van der Waals surface area contributed by atoms with Gasteiger partial charge in [0.1, 0.15) is 5.82 Å². The first kappa shape index (κ1) is 22.8. The number of methoxy groups -OCH3 is 1. The van der Waals surface area contributed by atoms with E-state index in [0.717, 1.165) is 35.2 Å². The van der Waals surface area contributed by atoms with Crippen LogP contribution in [0.3, 0.4) is 0 Å². The maximum atomic E-state index is 13.8. The number of aryl methyl sites for hydroxylation is 1. The zero-order valence-electron chi connectivity index (χ0n) is 19.2. The van der Waals surface area contributed by atoms with Crippen molar-refractivity contribution in [2.75, 3.05) is 7.11 Å². The summed E-state index contributed by atoms with van der Waals surface area (Å²) in [4.78, 5) is 19.3. The molecule has 2 heterocycles. The van der Waals surface area contributed by atoms with Crippen LogP contribution in [0.5, 0.6) is 11.5 Å². The smallest absolute Gasteiger partial charge is 0.271 e. The van der Waals surface area contributed by atoms with Crippen molar-refractivity contribution in [2.24, 2.45) is 4.99 Å². The van der Waals surface area contributed by atoms with Crippen LogP contribution in [0.25, 0.3) is 11.8 Å². The van der Waals surface area contributed by atoms with Crippen LogP contribution in [0, 0.1) is 5.82 Å². The minimum atomic E-state index is -0.384. The van der Waals surface area contributed by atoms with Gasteiger partial charge in [-0.25, -0.2) is 9.38 Å². The van der Waals surface area contributed by atoms with Crippen molar-refractivity contribution < 1.29 is 14.2 Å². The molecule has 0 saturated heterocycles. The first-order chi connectivity index (χ1) is 17.4. The van der Waals surface area contributed by atoms with Crippen LogP contribution in [-0.4, -0.2) is 16.8 Å². The number of hydrogen-bond acceptors (Lipinski definition) is 5. The highest BCUT2D eigenvalue weighted by Gasteiger charge is 2.32. The molecule has 1 atom stereocenters. The minimum absolute atomic E-state index is 0.129. The van der Waals surface area contributed by atoms with Gasteiger partial charge in [0.05, 0.1) is 28.4 Å². The van der Waals surface area contributed by atoms with Crippen LogP contribution >= 0.6 is 22.9 Å². The molecule has 0 spiro atoms. The third kappa shape index (κ3) is 3.67. The molecule has 3 aromatic carbocycles. The van der Waals surface area contributed by atoms with E-state index >= 15 is 0 Å². The Morgan fingerprint density at radius 3 is 2.72 bits per heavy atom. The number of rotatable bonds is 3. The molecule has 4 aromatic rings. The number of phenolic OH excluding ortho intramolecular Hbond substituents is 1. The van der Waals surface area contributed by atoms with E-state index in [9.17, 15) is 14.3 Å². The molecule has 36 heavy (non-hydrogen) atoms. The highest BCUT2D eigenvalue weighted by Crippen LogP contribution is 2.41. The number of halogens is 2. The Balaban J connectivity index is 1.61. The quantitative estimate of drug-likeness (QED) is 0.423. The summed E-state index contributed by atoms with van der Waals surface area (Å²) in [5.41, 5.74) is 5.48. The second-order valence-electron chi connectivity index (χ2n) is 8.72. The molecule has 5 nitrogen and oxygen atoms in total. The molecule has 8 heteroatoms. The molecule has 1 aromatic heterocycles. The van der Waals surface area contributed by atoms with E-state index in [0.29, 0.717) is 14.9 Å². The molecule has 1 N–H and O–H groups in total. The lowest BCUT2D eigenvalue weighted by Gasteiger charge is -2.30. The van der Waals surface area contributed by atoms with Gasteiger partial charge < -0.3 is 9.84 Å². The predicted octanol–water partition coefficient (Wildman–Crippen LogP) is 4.83. The third-order valence-corrected chi connectivity index (χ3v) is 7.90. The molecule has 0 radical (unpaired) electrons. The van der Waals surface area contributed by atoms with Gasteiger partial charge in [-0.3, -0.25) is 9.36 Å². The van der Waals surface area contributed by atoms with E-state index < -0.39 is 0 Å². The molecule has 2 aliphatic rings. The number of phenols is 1. The third-order valence-electron chi connectivity index (χ3n) is 6.63. The van der Waals surface area contributed by atoms with Crippen LogP contribution in [0.15, 0.2) is 76.0 Å². The van der Waals surface area contributed by atoms with Crippen molar-refractivity contribution in [3.63, 3.8) is 0 Å². The van der Waals surface area contributed by atoms with Crippen molar-refractivity contribution in [1.29, 1.82) is 0 Å². The van der Waals surface area contributed by atoms with Gasteiger partial charge in [-0.2, -0.15) is 0 Å². The van der Waals surface area contributed by atoms with E-state index in [4.69, 9.17) is 21.3 Å². The van der Waals surface area contributed by atoms with E-state index in [1.165, 1.54) is 36.1 Å². The van der Waals surface area contributed by atoms with E-state index in [-0.39, 0.29) is 33.9 Å². The Hall–Kier alpha value is -3.68. The number of benzene rings is 3. The molecule has 1 aliphatic heterocycles. The number of hydrogen-bond donors (Lipinski definition) is 1. The molecule has 0 fully saturated rings. The Morgan fingerprint density at radius 2 is 1.94 bits per heavy atom. The molecule has 0 saturated carbocycles. The van der Waals surface area contributed by atoms with Crippen LogP contribution in [0.4, 0.5) is 4.39 Å². The molecule has 0 bridgehead atoms. The molecule has 6 rings (SSSR count). The molecular formula is C28H20ClFN2O3S. The molecule has 1 aliphatic carbocycles. The van der Waals surface area contributed by atoms with Crippen molar-refractivity contribution in [3.05, 3.63) is 119 Å². The molecule has 1 unspecified atom stereocenters. The Morgan fingerprint density at radius 1 is 1.17 bits per heavy atom. The van der Waals surface area contributed by atoms with Crippen LogP contribution in [-0.2, 0) is 6.42 Å². The summed E-state index contributed by atoms with van der Waals surface area (Å²) in [6, 6.07) is 17.3. The van der Waals surface area contributed by atoms with E-state index in [1.807, 2.05) is 12.1 Å². The lowest BCUT2D eigenvalue weighted by atomic mass is 9.83. The summed E-state index contributed by atoms with van der Waals surface area (Å²) in [6.07, 6.45) is 3.32. The summed E-state index contributed by atoms with van der Waals surface area (Å²) in [6.45, 7) is 0.